The summed E-state index contributed by atoms with van der Waals surface area (Å²) in [7, 11) is 0. The van der Waals surface area contributed by atoms with Gasteiger partial charge in [0, 0.05) is 5.69 Å². The van der Waals surface area contributed by atoms with Gasteiger partial charge in [-0.15, -0.1) is 0 Å². The summed E-state index contributed by atoms with van der Waals surface area (Å²) in [6, 6.07) is 11.6. The molecule has 0 bridgehead atoms. The molecule has 0 aliphatic heterocycles. The molecule has 0 aromatic heterocycles. The lowest BCUT2D eigenvalue weighted by Crippen LogP contribution is -2.21. The number of benzene rings is 2. The maximum atomic E-state index is 12.1. The first-order valence-corrected chi connectivity index (χ1v) is 8.72. The zero-order valence-electron chi connectivity index (χ0n) is 15.7. The first kappa shape index (κ1) is 20.2. The van der Waals surface area contributed by atoms with Crippen LogP contribution in [0, 0.1) is 13.8 Å². The van der Waals surface area contributed by atoms with E-state index in [0.717, 1.165) is 17.5 Å². The van der Waals surface area contributed by atoms with Crippen molar-refractivity contribution in [2.75, 3.05) is 18.5 Å². The van der Waals surface area contributed by atoms with Crippen LogP contribution in [0.4, 0.5) is 5.69 Å². The number of aryl methyl sites for hydroxylation is 1. The summed E-state index contributed by atoms with van der Waals surface area (Å²) in [5.74, 6) is -1.41. The molecule has 0 unspecified atom stereocenters. The van der Waals surface area contributed by atoms with Crippen molar-refractivity contribution in [2.24, 2.45) is 0 Å². The molecule has 0 atom stereocenters. The second-order valence-corrected chi connectivity index (χ2v) is 6.09. The molecule has 2 rings (SSSR count). The smallest absolute Gasteiger partial charge is 0.338 e. The van der Waals surface area contributed by atoms with Crippen LogP contribution in [-0.2, 0) is 14.3 Å². The molecule has 2 aromatic carbocycles. The number of rotatable bonds is 7. The molecule has 27 heavy (non-hydrogen) atoms. The Kier molecular flexibility index (Phi) is 7.11. The minimum Gasteiger partial charge on any atom is -0.462 e. The van der Waals surface area contributed by atoms with Gasteiger partial charge in [-0.25, -0.2) is 9.59 Å². The Morgan fingerprint density at radius 1 is 0.926 bits per heavy atom. The number of esters is 2. The molecule has 0 radical (unpaired) electrons. The lowest BCUT2D eigenvalue weighted by molar-refractivity contribution is -0.119. The molecule has 0 saturated heterocycles. The maximum absolute atomic E-state index is 12.1. The Labute approximate surface area is 158 Å². The summed E-state index contributed by atoms with van der Waals surface area (Å²) in [6.07, 6.45) is 0.751. The quantitative estimate of drug-likeness (QED) is 0.753. The third kappa shape index (κ3) is 5.67. The molecule has 2 aromatic rings. The van der Waals surface area contributed by atoms with Crippen LogP contribution in [0.1, 0.15) is 45.2 Å². The highest BCUT2D eigenvalue weighted by Gasteiger charge is 2.14. The molecule has 1 amide bonds. The van der Waals surface area contributed by atoms with E-state index in [-0.39, 0.29) is 0 Å². The van der Waals surface area contributed by atoms with Crippen LogP contribution < -0.4 is 5.32 Å². The Morgan fingerprint density at radius 3 is 2.30 bits per heavy atom. The average Bonchev–Trinajstić information content (AvgIpc) is 2.67. The van der Waals surface area contributed by atoms with Gasteiger partial charge >= 0.3 is 11.9 Å². The van der Waals surface area contributed by atoms with Crippen LogP contribution >= 0.6 is 0 Å². The lowest BCUT2D eigenvalue weighted by atomic mass is 10.0. The summed E-state index contributed by atoms with van der Waals surface area (Å²) in [4.78, 5) is 35.8. The van der Waals surface area contributed by atoms with Gasteiger partial charge < -0.3 is 14.8 Å². The Balaban J connectivity index is 1.87. The minimum atomic E-state index is -0.541. The van der Waals surface area contributed by atoms with E-state index < -0.39 is 24.5 Å². The molecule has 6 nitrogen and oxygen atoms in total. The monoisotopic (exact) mass is 369 g/mol. The number of hydrogen-bond acceptors (Lipinski definition) is 5. The van der Waals surface area contributed by atoms with Crippen molar-refractivity contribution in [1.82, 2.24) is 0 Å². The molecule has 0 aliphatic rings. The average molecular weight is 369 g/mol. The van der Waals surface area contributed by atoms with Gasteiger partial charge in [0.2, 0.25) is 0 Å². The van der Waals surface area contributed by atoms with Crippen LogP contribution in [0.5, 0.6) is 0 Å². The fourth-order valence-electron chi connectivity index (χ4n) is 2.35. The molecule has 0 fully saturated rings. The van der Waals surface area contributed by atoms with Crippen molar-refractivity contribution in [1.29, 1.82) is 0 Å². The van der Waals surface area contributed by atoms with Crippen LogP contribution in [0.2, 0.25) is 0 Å². The molecule has 1 N–H and O–H groups in total. The Morgan fingerprint density at radius 2 is 1.63 bits per heavy atom. The highest BCUT2D eigenvalue weighted by atomic mass is 16.5. The van der Waals surface area contributed by atoms with Crippen molar-refractivity contribution in [2.45, 2.75) is 27.2 Å². The topological polar surface area (TPSA) is 81.7 Å². The molecule has 6 heteroatoms. The minimum absolute atomic E-state index is 0.364. The van der Waals surface area contributed by atoms with E-state index in [0.29, 0.717) is 23.4 Å². The molecule has 0 aliphatic carbocycles. The SMILES string of the molecule is CCCOC(=O)c1ccc(NC(=O)COC(=O)c2cccc(C)c2C)cc1. The Hall–Kier alpha value is -3.15. The van der Waals surface area contributed by atoms with Gasteiger partial charge in [-0.2, -0.15) is 0 Å². The van der Waals surface area contributed by atoms with Crippen LogP contribution in [0.25, 0.3) is 0 Å². The largest absolute Gasteiger partial charge is 0.462 e. The van der Waals surface area contributed by atoms with E-state index >= 15 is 0 Å². The van der Waals surface area contributed by atoms with Crippen molar-refractivity contribution < 1.29 is 23.9 Å². The molecule has 0 spiro atoms. The molecular weight excluding hydrogens is 346 g/mol. The number of anilines is 1. The maximum Gasteiger partial charge on any atom is 0.338 e. The first-order valence-electron chi connectivity index (χ1n) is 8.72. The highest BCUT2D eigenvalue weighted by Crippen LogP contribution is 2.14. The van der Waals surface area contributed by atoms with Gasteiger partial charge in [-0.3, -0.25) is 4.79 Å². The summed E-state index contributed by atoms with van der Waals surface area (Å²) < 4.78 is 10.1. The fourth-order valence-corrected chi connectivity index (χ4v) is 2.35. The number of carbonyl (C=O) groups excluding carboxylic acids is 3. The fraction of sp³-hybridized carbons (Fsp3) is 0.286. The predicted molar refractivity (Wildman–Crippen MR) is 102 cm³/mol. The standard InChI is InChI=1S/C21H23NO5/c1-4-12-26-20(24)16-8-10-17(11-9-16)22-19(23)13-27-21(25)18-7-5-6-14(2)15(18)3/h5-11H,4,12-13H2,1-3H3,(H,22,23). The van der Waals surface area contributed by atoms with Crippen molar-refractivity contribution in [3.8, 4) is 0 Å². The third-order valence-corrected chi connectivity index (χ3v) is 4.00. The van der Waals surface area contributed by atoms with Gasteiger partial charge in [0.1, 0.15) is 0 Å². The predicted octanol–water partition coefficient (Wildman–Crippen LogP) is 3.67. The van der Waals surface area contributed by atoms with E-state index in [1.165, 1.54) is 0 Å². The summed E-state index contributed by atoms with van der Waals surface area (Å²) >= 11 is 0. The van der Waals surface area contributed by atoms with Crippen LogP contribution in [0.3, 0.4) is 0 Å². The van der Waals surface area contributed by atoms with Gasteiger partial charge in [0.25, 0.3) is 5.91 Å². The van der Waals surface area contributed by atoms with Crippen molar-refractivity contribution >= 4 is 23.5 Å². The summed E-state index contributed by atoms with van der Waals surface area (Å²) in [5, 5.41) is 2.62. The molecular formula is C21H23NO5. The number of carbonyl (C=O) groups is 3. The number of ether oxygens (including phenoxy) is 2. The van der Waals surface area contributed by atoms with Gasteiger partial charge in [-0.1, -0.05) is 19.1 Å². The lowest BCUT2D eigenvalue weighted by Gasteiger charge is -2.10. The number of amides is 1. The van der Waals surface area contributed by atoms with E-state index in [1.807, 2.05) is 26.8 Å². The molecule has 0 heterocycles. The summed E-state index contributed by atoms with van der Waals surface area (Å²) in [6.45, 7) is 5.62. The zero-order chi connectivity index (χ0) is 19.8. The van der Waals surface area contributed by atoms with Crippen LogP contribution in [-0.4, -0.2) is 31.1 Å². The third-order valence-electron chi connectivity index (χ3n) is 4.00. The second kappa shape index (κ2) is 9.52. The zero-order valence-corrected chi connectivity index (χ0v) is 15.7. The van der Waals surface area contributed by atoms with E-state index in [4.69, 9.17) is 9.47 Å². The van der Waals surface area contributed by atoms with Crippen LogP contribution in [0.15, 0.2) is 42.5 Å². The van der Waals surface area contributed by atoms with E-state index in [1.54, 1.807) is 36.4 Å². The van der Waals surface area contributed by atoms with Crippen molar-refractivity contribution in [3.63, 3.8) is 0 Å². The van der Waals surface area contributed by atoms with E-state index in [9.17, 15) is 14.4 Å². The normalized spacial score (nSPS) is 10.2. The van der Waals surface area contributed by atoms with E-state index in [2.05, 4.69) is 5.32 Å². The van der Waals surface area contributed by atoms with Gasteiger partial charge in [0.05, 0.1) is 17.7 Å². The molecule has 0 saturated carbocycles. The number of nitrogens with one attached hydrogen (secondary N) is 1. The second-order valence-electron chi connectivity index (χ2n) is 6.09. The highest BCUT2D eigenvalue weighted by molar-refractivity contribution is 5.96. The Bertz CT molecular complexity index is 827. The van der Waals surface area contributed by atoms with Gasteiger partial charge in [0.15, 0.2) is 6.61 Å². The number of hydrogen-bond donors (Lipinski definition) is 1. The molecule has 142 valence electrons. The first-order chi connectivity index (χ1) is 12.9. The van der Waals surface area contributed by atoms with Gasteiger partial charge in [-0.05, 0) is 61.7 Å². The van der Waals surface area contributed by atoms with Crippen molar-refractivity contribution in [3.05, 3.63) is 64.7 Å². The summed E-state index contributed by atoms with van der Waals surface area (Å²) in [5.41, 5.74) is 3.15.